The van der Waals surface area contributed by atoms with E-state index in [0.29, 0.717) is 5.56 Å². The number of hydrogen-bond acceptors (Lipinski definition) is 4. The van der Waals surface area contributed by atoms with E-state index in [1.54, 1.807) is 32.9 Å². The first-order valence-corrected chi connectivity index (χ1v) is 8.02. The zero-order valence-electron chi connectivity index (χ0n) is 14.7. The van der Waals surface area contributed by atoms with Gasteiger partial charge in [0.05, 0.1) is 0 Å². The topological polar surface area (TPSA) is 89.6 Å². The number of esters is 1. The molecule has 0 aliphatic rings. The fourth-order valence-corrected chi connectivity index (χ4v) is 2.37. The second kappa shape index (κ2) is 7.07. The van der Waals surface area contributed by atoms with E-state index in [9.17, 15) is 14.7 Å². The fourth-order valence-electron chi connectivity index (χ4n) is 2.37. The quantitative estimate of drug-likeness (QED) is 0.644. The van der Waals surface area contributed by atoms with Crippen LogP contribution in [0.2, 0.25) is 0 Å². The van der Waals surface area contributed by atoms with Crippen molar-refractivity contribution in [3.8, 4) is 11.1 Å². The molecule has 0 aliphatic heterocycles. The van der Waals surface area contributed by atoms with Crippen molar-refractivity contribution in [2.45, 2.75) is 38.3 Å². The highest BCUT2D eigenvalue weighted by atomic mass is 16.6. The summed E-state index contributed by atoms with van der Waals surface area (Å²) in [6.45, 7) is 5.01. The van der Waals surface area contributed by atoms with Crippen molar-refractivity contribution < 1.29 is 19.4 Å². The minimum atomic E-state index is -2.12. The van der Waals surface area contributed by atoms with E-state index in [2.05, 4.69) is 0 Å². The Bertz CT molecular complexity index is 748. The summed E-state index contributed by atoms with van der Waals surface area (Å²) in [7, 11) is 0. The summed E-state index contributed by atoms with van der Waals surface area (Å²) in [4.78, 5) is 23.9. The monoisotopic (exact) mass is 341 g/mol. The summed E-state index contributed by atoms with van der Waals surface area (Å²) in [6.07, 6.45) is -0.147. The van der Waals surface area contributed by atoms with E-state index in [1.165, 1.54) is 0 Å². The third-order valence-corrected chi connectivity index (χ3v) is 3.69. The molecule has 0 heterocycles. The number of hydrogen-bond donors (Lipinski definition) is 2. The van der Waals surface area contributed by atoms with Crippen LogP contribution in [0.3, 0.4) is 0 Å². The van der Waals surface area contributed by atoms with Gasteiger partial charge in [-0.05, 0) is 37.5 Å². The number of benzene rings is 2. The van der Waals surface area contributed by atoms with Gasteiger partial charge >= 0.3 is 11.9 Å². The van der Waals surface area contributed by atoms with Crippen molar-refractivity contribution in [2.24, 2.45) is 5.73 Å². The molecule has 0 aromatic heterocycles. The average molecular weight is 341 g/mol. The maximum Gasteiger partial charge on any atom is 0.338 e. The summed E-state index contributed by atoms with van der Waals surface area (Å²) in [6, 6.07) is 17.1. The lowest BCUT2D eigenvalue weighted by Crippen LogP contribution is -2.58. The number of ether oxygens (including phenoxy) is 1. The standard InChI is InChI=1S/C20H23NO4/c1-19(2,3)25-18(24)20(21,17(22)23)13-14-9-11-16(12-10-14)15-7-5-4-6-8-15/h4-12H,13,21H2,1-3H3,(H,22,23)/t20-/m0/s1. The average Bonchev–Trinajstić information content (AvgIpc) is 2.54. The van der Waals surface area contributed by atoms with Crippen LogP contribution in [0.5, 0.6) is 0 Å². The molecule has 25 heavy (non-hydrogen) atoms. The summed E-state index contributed by atoms with van der Waals surface area (Å²) < 4.78 is 5.18. The molecule has 0 fully saturated rings. The highest BCUT2D eigenvalue weighted by Crippen LogP contribution is 2.22. The molecule has 2 rings (SSSR count). The molecule has 132 valence electrons. The lowest BCUT2D eigenvalue weighted by molar-refractivity contribution is -0.169. The Labute approximate surface area is 147 Å². The number of carboxylic acids is 1. The Morgan fingerprint density at radius 1 is 0.960 bits per heavy atom. The van der Waals surface area contributed by atoms with Gasteiger partial charge in [-0.1, -0.05) is 54.6 Å². The molecule has 0 unspecified atom stereocenters. The van der Waals surface area contributed by atoms with Crippen LogP contribution in [0.4, 0.5) is 0 Å². The lowest BCUT2D eigenvalue weighted by Gasteiger charge is -2.28. The Balaban J connectivity index is 2.22. The van der Waals surface area contributed by atoms with Gasteiger partial charge < -0.3 is 15.6 Å². The van der Waals surface area contributed by atoms with Crippen molar-refractivity contribution >= 4 is 11.9 Å². The predicted molar refractivity (Wildman–Crippen MR) is 96.0 cm³/mol. The summed E-state index contributed by atoms with van der Waals surface area (Å²) in [5, 5.41) is 9.47. The number of rotatable bonds is 5. The number of carbonyl (C=O) groups excluding carboxylic acids is 1. The molecule has 2 aromatic rings. The summed E-state index contributed by atoms with van der Waals surface area (Å²) in [5.41, 5.74) is 5.67. The first kappa shape index (κ1) is 18.7. The largest absolute Gasteiger partial charge is 0.479 e. The van der Waals surface area contributed by atoms with Gasteiger partial charge in [0.25, 0.3) is 0 Å². The van der Waals surface area contributed by atoms with Gasteiger partial charge in [0, 0.05) is 6.42 Å². The first-order valence-electron chi connectivity index (χ1n) is 8.02. The van der Waals surface area contributed by atoms with Crippen molar-refractivity contribution in [2.75, 3.05) is 0 Å². The molecule has 0 radical (unpaired) electrons. The third-order valence-electron chi connectivity index (χ3n) is 3.69. The second-order valence-corrected chi connectivity index (χ2v) is 7.02. The van der Waals surface area contributed by atoms with E-state index in [1.807, 2.05) is 42.5 Å². The molecule has 0 saturated carbocycles. The molecule has 0 aliphatic carbocycles. The van der Waals surface area contributed by atoms with Gasteiger partial charge in [0.2, 0.25) is 5.54 Å². The molecule has 3 N–H and O–H groups in total. The van der Waals surface area contributed by atoms with Crippen LogP contribution in [-0.2, 0) is 20.7 Å². The van der Waals surface area contributed by atoms with E-state index in [4.69, 9.17) is 10.5 Å². The van der Waals surface area contributed by atoms with Crippen LogP contribution >= 0.6 is 0 Å². The molecule has 5 nitrogen and oxygen atoms in total. The van der Waals surface area contributed by atoms with Gasteiger partial charge in [0.15, 0.2) is 0 Å². The molecular formula is C20H23NO4. The van der Waals surface area contributed by atoms with Crippen LogP contribution < -0.4 is 5.73 Å². The van der Waals surface area contributed by atoms with Gasteiger partial charge in [-0.2, -0.15) is 0 Å². The van der Waals surface area contributed by atoms with Crippen LogP contribution in [0, 0.1) is 0 Å². The number of carbonyl (C=O) groups is 2. The Kier molecular flexibility index (Phi) is 5.28. The lowest BCUT2D eigenvalue weighted by atomic mass is 9.90. The van der Waals surface area contributed by atoms with Gasteiger partial charge in [-0.15, -0.1) is 0 Å². The number of aliphatic carboxylic acids is 1. The Morgan fingerprint density at radius 2 is 1.48 bits per heavy atom. The van der Waals surface area contributed by atoms with Gasteiger partial charge in [-0.25, -0.2) is 9.59 Å². The Morgan fingerprint density at radius 3 is 1.96 bits per heavy atom. The van der Waals surface area contributed by atoms with Crippen LogP contribution in [0.25, 0.3) is 11.1 Å². The zero-order valence-corrected chi connectivity index (χ0v) is 14.7. The highest BCUT2D eigenvalue weighted by Gasteiger charge is 2.45. The van der Waals surface area contributed by atoms with Gasteiger partial charge in [-0.3, -0.25) is 0 Å². The Hall–Kier alpha value is -2.66. The van der Waals surface area contributed by atoms with Crippen LogP contribution in [0.1, 0.15) is 26.3 Å². The van der Waals surface area contributed by atoms with E-state index in [0.717, 1.165) is 11.1 Å². The van der Waals surface area contributed by atoms with Crippen molar-refractivity contribution in [1.82, 2.24) is 0 Å². The molecule has 0 amide bonds. The first-order chi connectivity index (χ1) is 11.6. The maximum absolute atomic E-state index is 12.3. The molecule has 0 bridgehead atoms. The maximum atomic E-state index is 12.3. The smallest absolute Gasteiger partial charge is 0.338 e. The van der Waals surface area contributed by atoms with E-state index in [-0.39, 0.29) is 6.42 Å². The zero-order chi connectivity index (χ0) is 18.7. The normalized spacial score (nSPS) is 13.8. The van der Waals surface area contributed by atoms with Crippen molar-refractivity contribution in [3.05, 3.63) is 60.2 Å². The molecule has 0 spiro atoms. The third kappa shape index (κ3) is 4.67. The highest BCUT2D eigenvalue weighted by molar-refractivity contribution is 6.04. The van der Waals surface area contributed by atoms with Crippen molar-refractivity contribution in [1.29, 1.82) is 0 Å². The fraction of sp³-hybridized carbons (Fsp3) is 0.300. The molecule has 5 heteroatoms. The molecule has 1 atom stereocenters. The number of carboxylic acid groups (broad SMARTS) is 1. The van der Waals surface area contributed by atoms with Crippen molar-refractivity contribution in [3.63, 3.8) is 0 Å². The van der Waals surface area contributed by atoms with E-state index < -0.39 is 23.1 Å². The van der Waals surface area contributed by atoms with E-state index >= 15 is 0 Å². The second-order valence-electron chi connectivity index (χ2n) is 7.02. The number of nitrogens with two attached hydrogens (primary N) is 1. The minimum absolute atomic E-state index is 0.147. The molecule has 0 saturated heterocycles. The van der Waals surface area contributed by atoms with Crippen LogP contribution in [-0.4, -0.2) is 28.2 Å². The SMILES string of the molecule is CC(C)(C)OC(=O)[C@](N)(Cc1ccc(-c2ccccc2)cc1)C(=O)O. The summed E-state index contributed by atoms with van der Waals surface area (Å²) >= 11 is 0. The van der Waals surface area contributed by atoms with Crippen LogP contribution in [0.15, 0.2) is 54.6 Å². The summed E-state index contributed by atoms with van der Waals surface area (Å²) in [5.74, 6) is -2.35. The van der Waals surface area contributed by atoms with Gasteiger partial charge in [0.1, 0.15) is 5.60 Å². The molecular weight excluding hydrogens is 318 g/mol. The predicted octanol–water partition coefficient (Wildman–Crippen LogP) is 3.02. The molecule has 2 aromatic carbocycles. The minimum Gasteiger partial charge on any atom is -0.479 e.